The van der Waals surface area contributed by atoms with Crippen LogP contribution in [0.5, 0.6) is 0 Å². The molecule has 1 saturated heterocycles. The van der Waals surface area contributed by atoms with E-state index in [9.17, 15) is 9.59 Å². The number of rotatable bonds is 5. The Morgan fingerprint density at radius 1 is 1.48 bits per heavy atom. The van der Waals surface area contributed by atoms with Crippen molar-refractivity contribution in [2.75, 3.05) is 11.9 Å². The molecule has 1 aromatic rings. The summed E-state index contributed by atoms with van der Waals surface area (Å²) in [7, 11) is 0. The first-order valence-electron chi connectivity index (χ1n) is 7.72. The summed E-state index contributed by atoms with van der Waals surface area (Å²) < 4.78 is 0. The number of carbonyl (C=O) groups excluding carboxylic acids is 2. The average molecular weight is 290 g/mol. The number of nitrogens with one attached hydrogen (secondary N) is 2. The van der Waals surface area contributed by atoms with Crippen molar-refractivity contribution in [3.8, 4) is 0 Å². The first-order chi connectivity index (χ1) is 10.1. The second-order valence-electron chi connectivity index (χ2n) is 6.35. The van der Waals surface area contributed by atoms with Crippen LogP contribution < -0.4 is 5.32 Å². The normalized spacial score (nSPS) is 20.1. The van der Waals surface area contributed by atoms with E-state index < -0.39 is 6.04 Å². The third-order valence-electron chi connectivity index (χ3n) is 4.21. The number of likely N-dealkylation sites (tertiary alicyclic amines) is 1. The predicted octanol–water partition coefficient (Wildman–Crippen LogP) is 1.87. The highest BCUT2D eigenvalue weighted by Crippen LogP contribution is 2.39. The molecule has 6 heteroatoms. The maximum absolute atomic E-state index is 12.5. The lowest BCUT2D eigenvalue weighted by Gasteiger charge is -2.29. The Balaban J connectivity index is 1.69. The van der Waals surface area contributed by atoms with Gasteiger partial charge in [-0.15, -0.1) is 0 Å². The van der Waals surface area contributed by atoms with Gasteiger partial charge in [0.1, 0.15) is 6.04 Å². The molecule has 2 heterocycles. The lowest BCUT2D eigenvalue weighted by atomic mass is 10.0. The van der Waals surface area contributed by atoms with Gasteiger partial charge in [0.25, 0.3) is 0 Å². The molecule has 2 fully saturated rings. The van der Waals surface area contributed by atoms with Gasteiger partial charge >= 0.3 is 0 Å². The molecule has 1 unspecified atom stereocenters. The second-order valence-corrected chi connectivity index (χ2v) is 6.35. The number of H-pyrrole nitrogens is 1. The predicted molar refractivity (Wildman–Crippen MR) is 78.8 cm³/mol. The van der Waals surface area contributed by atoms with Gasteiger partial charge in [0.15, 0.2) is 5.82 Å². The van der Waals surface area contributed by atoms with Crippen molar-refractivity contribution in [1.29, 1.82) is 0 Å². The van der Waals surface area contributed by atoms with Crippen LogP contribution in [-0.2, 0) is 9.59 Å². The van der Waals surface area contributed by atoms with E-state index >= 15 is 0 Å². The van der Waals surface area contributed by atoms with E-state index in [1.54, 1.807) is 4.90 Å². The van der Waals surface area contributed by atoms with Crippen LogP contribution in [0.25, 0.3) is 0 Å². The van der Waals surface area contributed by atoms with Gasteiger partial charge < -0.3 is 10.2 Å². The summed E-state index contributed by atoms with van der Waals surface area (Å²) in [5.74, 6) is 1.14. The third-order valence-corrected chi connectivity index (χ3v) is 4.21. The first-order valence-corrected chi connectivity index (χ1v) is 7.72. The summed E-state index contributed by atoms with van der Waals surface area (Å²) in [5, 5.41) is 9.97. The lowest BCUT2D eigenvalue weighted by Crippen LogP contribution is -2.48. The standard InChI is InChI=1S/C15H22N4O2/c1-9(2)14(19-7-3-4-13(19)20)15(21)16-12-8-11(17-18-12)10-5-6-10/h8-10,14H,3-7H2,1-2H3,(H2,16,17,18,21). The molecule has 21 heavy (non-hydrogen) atoms. The number of hydrogen-bond donors (Lipinski definition) is 2. The third kappa shape index (κ3) is 2.94. The zero-order chi connectivity index (χ0) is 15.0. The molecule has 2 N–H and O–H groups in total. The van der Waals surface area contributed by atoms with E-state index in [1.807, 2.05) is 19.9 Å². The second kappa shape index (κ2) is 5.50. The van der Waals surface area contributed by atoms with Gasteiger partial charge in [-0.1, -0.05) is 13.8 Å². The van der Waals surface area contributed by atoms with Crippen molar-refractivity contribution < 1.29 is 9.59 Å². The van der Waals surface area contributed by atoms with Crippen LogP contribution in [-0.4, -0.2) is 39.5 Å². The zero-order valence-corrected chi connectivity index (χ0v) is 12.6. The molecule has 0 aromatic carbocycles. The highest BCUT2D eigenvalue weighted by atomic mass is 16.2. The minimum Gasteiger partial charge on any atom is -0.330 e. The summed E-state index contributed by atoms with van der Waals surface area (Å²) in [5.41, 5.74) is 1.09. The fraction of sp³-hybridized carbons (Fsp3) is 0.667. The van der Waals surface area contributed by atoms with E-state index in [2.05, 4.69) is 15.5 Å². The van der Waals surface area contributed by atoms with Crippen LogP contribution in [0.1, 0.15) is 51.1 Å². The zero-order valence-electron chi connectivity index (χ0n) is 12.6. The van der Waals surface area contributed by atoms with Crippen molar-refractivity contribution >= 4 is 17.6 Å². The van der Waals surface area contributed by atoms with E-state index in [-0.39, 0.29) is 17.7 Å². The number of hydrogen-bond acceptors (Lipinski definition) is 3. The molecule has 0 spiro atoms. The molecule has 1 aliphatic heterocycles. The Morgan fingerprint density at radius 3 is 2.81 bits per heavy atom. The molecular formula is C15H22N4O2. The Bertz CT molecular complexity index is 548. The Labute approximate surface area is 124 Å². The van der Waals surface area contributed by atoms with Crippen LogP contribution in [0.15, 0.2) is 6.07 Å². The van der Waals surface area contributed by atoms with E-state index in [0.29, 0.717) is 24.7 Å². The molecule has 0 radical (unpaired) electrons. The minimum absolute atomic E-state index is 0.0737. The Kier molecular flexibility index (Phi) is 3.69. The number of nitrogens with zero attached hydrogens (tertiary/aromatic N) is 2. The number of amides is 2. The number of aromatic nitrogens is 2. The molecule has 3 rings (SSSR count). The van der Waals surface area contributed by atoms with Crippen LogP contribution >= 0.6 is 0 Å². The summed E-state index contributed by atoms with van der Waals surface area (Å²) in [6.45, 7) is 4.61. The monoisotopic (exact) mass is 290 g/mol. The van der Waals surface area contributed by atoms with Gasteiger partial charge in [-0.3, -0.25) is 14.7 Å². The van der Waals surface area contributed by atoms with Gasteiger partial charge in [0, 0.05) is 30.6 Å². The average Bonchev–Trinajstić information content (AvgIpc) is 3.04. The van der Waals surface area contributed by atoms with Crippen molar-refractivity contribution in [2.24, 2.45) is 5.92 Å². The van der Waals surface area contributed by atoms with Gasteiger partial charge in [-0.2, -0.15) is 5.10 Å². The van der Waals surface area contributed by atoms with Crippen molar-refractivity contribution in [3.05, 3.63) is 11.8 Å². The Hall–Kier alpha value is -1.85. The van der Waals surface area contributed by atoms with Gasteiger partial charge in [-0.05, 0) is 25.2 Å². The largest absolute Gasteiger partial charge is 0.330 e. The van der Waals surface area contributed by atoms with Crippen molar-refractivity contribution in [3.63, 3.8) is 0 Å². The number of carbonyl (C=O) groups is 2. The lowest BCUT2D eigenvalue weighted by molar-refractivity contribution is -0.136. The molecule has 6 nitrogen and oxygen atoms in total. The first kappa shape index (κ1) is 14.1. The summed E-state index contributed by atoms with van der Waals surface area (Å²) in [4.78, 5) is 26.1. The van der Waals surface area contributed by atoms with Crippen LogP contribution in [0.4, 0.5) is 5.82 Å². The summed E-state index contributed by atoms with van der Waals surface area (Å²) in [6, 6.07) is 1.49. The van der Waals surface area contributed by atoms with Gasteiger partial charge in [-0.25, -0.2) is 0 Å². The van der Waals surface area contributed by atoms with E-state index in [0.717, 1.165) is 12.1 Å². The van der Waals surface area contributed by atoms with Crippen molar-refractivity contribution in [1.82, 2.24) is 15.1 Å². The molecule has 2 amide bonds. The van der Waals surface area contributed by atoms with Gasteiger partial charge in [0.05, 0.1) is 0 Å². The fourth-order valence-electron chi connectivity index (χ4n) is 2.97. The molecule has 1 aromatic heterocycles. The molecule has 114 valence electrons. The SMILES string of the molecule is CC(C)C(C(=O)Nc1cc(C2CC2)[nH]n1)N1CCCC1=O. The maximum Gasteiger partial charge on any atom is 0.248 e. The van der Waals surface area contributed by atoms with Gasteiger partial charge in [0.2, 0.25) is 11.8 Å². The van der Waals surface area contributed by atoms with Crippen LogP contribution in [0, 0.1) is 5.92 Å². The molecule has 2 aliphatic rings. The summed E-state index contributed by atoms with van der Waals surface area (Å²) in [6.07, 6.45) is 3.76. The van der Waals surface area contributed by atoms with Crippen LogP contribution in [0.2, 0.25) is 0 Å². The van der Waals surface area contributed by atoms with E-state index in [4.69, 9.17) is 0 Å². The smallest absolute Gasteiger partial charge is 0.248 e. The maximum atomic E-state index is 12.5. The molecule has 0 bridgehead atoms. The summed E-state index contributed by atoms with van der Waals surface area (Å²) >= 11 is 0. The number of aromatic amines is 1. The highest BCUT2D eigenvalue weighted by Gasteiger charge is 2.35. The molecule has 1 atom stereocenters. The molecule has 1 aliphatic carbocycles. The fourth-order valence-corrected chi connectivity index (χ4v) is 2.97. The highest BCUT2D eigenvalue weighted by molar-refractivity contribution is 5.97. The molecule has 1 saturated carbocycles. The topological polar surface area (TPSA) is 78.1 Å². The quantitative estimate of drug-likeness (QED) is 0.869. The Morgan fingerprint density at radius 2 is 2.24 bits per heavy atom. The van der Waals surface area contributed by atoms with E-state index in [1.165, 1.54) is 12.8 Å². The minimum atomic E-state index is -0.416. The van der Waals surface area contributed by atoms with Crippen LogP contribution in [0.3, 0.4) is 0 Å². The molecular weight excluding hydrogens is 268 g/mol. The van der Waals surface area contributed by atoms with Crippen molar-refractivity contribution in [2.45, 2.75) is 51.5 Å². The number of anilines is 1.